The monoisotopic (exact) mass is 453 g/mol. The third kappa shape index (κ3) is 3.71. The summed E-state index contributed by atoms with van der Waals surface area (Å²) in [6, 6.07) is 8.16. The highest BCUT2D eigenvalue weighted by Gasteiger charge is 2.57. The molecule has 33 heavy (non-hydrogen) atoms. The van der Waals surface area contributed by atoms with Gasteiger partial charge in [-0.15, -0.1) is 0 Å². The standard InChI is InChI=1S/C26H29F2N3O2/c1-26-12-11-17-16-4-2-5-20(27)18(16)8-9-19(17)24(26)15(14-22(26)31-33)7-10-23(32)30-25-21(28)6-3-13-29-25/h2-6,13,15,17,19,24,33H,7-12,14H2,1H3,(H,29,30,32)/b31-22+/t15-,17?,19?,24?,26-/m1/s1. The fourth-order valence-corrected chi connectivity index (χ4v) is 7.06. The van der Waals surface area contributed by atoms with Crippen LogP contribution < -0.4 is 5.32 Å². The molecule has 1 aromatic carbocycles. The maximum Gasteiger partial charge on any atom is 0.225 e. The fourth-order valence-electron chi connectivity index (χ4n) is 7.06. The average Bonchev–Trinajstić information content (AvgIpc) is 3.11. The zero-order valence-electron chi connectivity index (χ0n) is 18.7. The SMILES string of the molecule is C[C@]12CCC3c4cccc(F)c4CCC3C1[C@H](CCC(=O)Nc1ncccc1F)C/C2=N\O. The van der Waals surface area contributed by atoms with Gasteiger partial charge >= 0.3 is 0 Å². The largest absolute Gasteiger partial charge is 0.411 e. The highest BCUT2D eigenvalue weighted by atomic mass is 19.1. The molecule has 3 aliphatic carbocycles. The topological polar surface area (TPSA) is 74.6 Å². The number of oxime groups is 1. The van der Waals surface area contributed by atoms with Gasteiger partial charge in [0.05, 0.1) is 5.71 Å². The number of nitrogens with zero attached hydrogens (tertiary/aromatic N) is 2. The molecule has 2 saturated carbocycles. The van der Waals surface area contributed by atoms with Crippen LogP contribution in [-0.2, 0) is 11.2 Å². The first-order valence-corrected chi connectivity index (χ1v) is 11.8. The molecule has 5 rings (SSSR count). The number of amides is 1. The van der Waals surface area contributed by atoms with Crippen molar-refractivity contribution in [2.75, 3.05) is 5.32 Å². The molecule has 2 aromatic rings. The Morgan fingerprint density at radius 3 is 2.85 bits per heavy atom. The van der Waals surface area contributed by atoms with Crippen molar-refractivity contribution >= 4 is 17.4 Å². The molecule has 3 aliphatic rings. The second kappa shape index (κ2) is 8.50. The van der Waals surface area contributed by atoms with Gasteiger partial charge in [-0.3, -0.25) is 4.79 Å². The number of hydrogen-bond donors (Lipinski definition) is 2. The molecule has 0 bridgehead atoms. The lowest BCUT2D eigenvalue weighted by Gasteiger charge is -2.50. The molecular formula is C26H29F2N3O2. The Bertz CT molecular complexity index is 1100. The smallest absolute Gasteiger partial charge is 0.225 e. The molecule has 3 unspecified atom stereocenters. The quantitative estimate of drug-likeness (QED) is 0.461. The Morgan fingerprint density at radius 1 is 1.24 bits per heavy atom. The van der Waals surface area contributed by atoms with Gasteiger partial charge in [0.25, 0.3) is 0 Å². The Kier molecular flexibility index (Phi) is 5.67. The number of halogens is 2. The lowest BCUT2D eigenvalue weighted by Crippen LogP contribution is -2.44. The molecule has 1 aromatic heterocycles. The van der Waals surface area contributed by atoms with Crippen LogP contribution in [0.1, 0.15) is 62.5 Å². The Balaban J connectivity index is 1.36. The van der Waals surface area contributed by atoms with E-state index in [-0.39, 0.29) is 41.2 Å². The van der Waals surface area contributed by atoms with Crippen molar-refractivity contribution in [1.82, 2.24) is 4.98 Å². The van der Waals surface area contributed by atoms with E-state index in [9.17, 15) is 18.8 Å². The van der Waals surface area contributed by atoms with E-state index in [1.807, 2.05) is 0 Å². The van der Waals surface area contributed by atoms with Crippen LogP contribution in [0.5, 0.6) is 0 Å². The summed E-state index contributed by atoms with van der Waals surface area (Å²) in [5.74, 6) is 0.0989. The molecule has 5 atom stereocenters. The van der Waals surface area contributed by atoms with E-state index in [0.717, 1.165) is 36.1 Å². The van der Waals surface area contributed by atoms with Crippen LogP contribution in [0, 0.1) is 34.8 Å². The zero-order valence-corrected chi connectivity index (χ0v) is 18.7. The number of pyridine rings is 1. The summed E-state index contributed by atoms with van der Waals surface area (Å²) < 4.78 is 28.3. The number of carbonyl (C=O) groups is 1. The highest BCUT2D eigenvalue weighted by Crippen LogP contribution is 2.62. The Morgan fingerprint density at radius 2 is 2.06 bits per heavy atom. The molecule has 0 radical (unpaired) electrons. The summed E-state index contributed by atoms with van der Waals surface area (Å²) in [5.41, 5.74) is 2.58. The molecule has 1 heterocycles. The number of fused-ring (bicyclic) bond motifs is 5. The summed E-state index contributed by atoms with van der Waals surface area (Å²) in [5, 5.41) is 16.1. The van der Waals surface area contributed by atoms with Gasteiger partial charge < -0.3 is 10.5 Å². The summed E-state index contributed by atoms with van der Waals surface area (Å²) in [6.07, 6.45) is 6.41. The van der Waals surface area contributed by atoms with Crippen LogP contribution in [0.2, 0.25) is 0 Å². The lowest BCUT2D eigenvalue weighted by atomic mass is 9.54. The second-order valence-corrected chi connectivity index (χ2v) is 10.0. The Hall–Kier alpha value is -2.83. The number of benzene rings is 1. The third-order valence-corrected chi connectivity index (χ3v) is 8.47. The van der Waals surface area contributed by atoms with Crippen LogP contribution in [0.15, 0.2) is 41.7 Å². The average molecular weight is 454 g/mol. The van der Waals surface area contributed by atoms with Crippen molar-refractivity contribution in [2.24, 2.45) is 28.3 Å². The van der Waals surface area contributed by atoms with Crippen molar-refractivity contribution in [3.63, 3.8) is 0 Å². The van der Waals surface area contributed by atoms with Crippen molar-refractivity contribution in [3.8, 4) is 0 Å². The van der Waals surface area contributed by atoms with E-state index in [0.29, 0.717) is 31.1 Å². The van der Waals surface area contributed by atoms with Crippen molar-refractivity contribution in [1.29, 1.82) is 0 Å². The number of anilines is 1. The number of nitrogens with one attached hydrogen (secondary N) is 1. The third-order valence-electron chi connectivity index (χ3n) is 8.47. The molecule has 0 saturated heterocycles. The summed E-state index contributed by atoms with van der Waals surface area (Å²) in [4.78, 5) is 16.4. The predicted molar refractivity (Wildman–Crippen MR) is 121 cm³/mol. The maximum absolute atomic E-state index is 14.5. The van der Waals surface area contributed by atoms with Gasteiger partial charge in [-0.1, -0.05) is 24.2 Å². The Labute approximate surface area is 192 Å². The van der Waals surface area contributed by atoms with Crippen LogP contribution in [0.3, 0.4) is 0 Å². The normalized spacial score (nSPS) is 31.5. The minimum Gasteiger partial charge on any atom is -0.411 e. The van der Waals surface area contributed by atoms with E-state index < -0.39 is 5.82 Å². The van der Waals surface area contributed by atoms with Crippen LogP contribution in [0.25, 0.3) is 0 Å². The first kappa shape index (κ1) is 22.0. The van der Waals surface area contributed by atoms with Gasteiger partial charge in [-0.2, -0.15) is 0 Å². The van der Waals surface area contributed by atoms with Crippen LogP contribution >= 0.6 is 0 Å². The van der Waals surface area contributed by atoms with Gasteiger partial charge in [0, 0.05) is 18.0 Å². The predicted octanol–water partition coefficient (Wildman–Crippen LogP) is 5.69. The summed E-state index contributed by atoms with van der Waals surface area (Å²) in [7, 11) is 0. The fraction of sp³-hybridized carbons (Fsp3) is 0.500. The van der Waals surface area contributed by atoms with Crippen molar-refractivity contribution < 1.29 is 18.8 Å². The molecular weight excluding hydrogens is 424 g/mol. The number of aromatic nitrogens is 1. The zero-order chi connectivity index (χ0) is 23.2. The first-order chi connectivity index (χ1) is 15.9. The summed E-state index contributed by atoms with van der Waals surface area (Å²) in [6.45, 7) is 2.19. The van der Waals surface area contributed by atoms with Crippen molar-refractivity contribution in [2.45, 2.75) is 57.8 Å². The molecule has 5 nitrogen and oxygen atoms in total. The van der Waals surface area contributed by atoms with E-state index in [1.165, 1.54) is 18.3 Å². The number of rotatable bonds is 4. The molecule has 0 aliphatic heterocycles. The number of carbonyl (C=O) groups excluding carboxylic acids is 1. The highest BCUT2D eigenvalue weighted by molar-refractivity contribution is 5.93. The van der Waals surface area contributed by atoms with E-state index in [1.54, 1.807) is 12.1 Å². The molecule has 7 heteroatoms. The van der Waals surface area contributed by atoms with Gasteiger partial charge in [0.1, 0.15) is 5.82 Å². The van der Waals surface area contributed by atoms with Gasteiger partial charge in [-0.05, 0) is 91.5 Å². The van der Waals surface area contributed by atoms with Gasteiger partial charge in [0.2, 0.25) is 5.91 Å². The van der Waals surface area contributed by atoms with Crippen molar-refractivity contribution in [3.05, 3.63) is 59.3 Å². The van der Waals surface area contributed by atoms with Crippen LogP contribution in [0.4, 0.5) is 14.6 Å². The minimum absolute atomic E-state index is 0.0555. The molecule has 0 spiro atoms. The minimum atomic E-state index is -0.558. The molecule has 174 valence electrons. The molecule has 2 fully saturated rings. The lowest BCUT2D eigenvalue weighted by molar-refractivity contribution is -0.116. The van der Waals surface area contributed by atoms with E-state index in [2.05, 4.69) is 28.4 Å². The van der Waals surface area contributed by atoms with Gasteiger partial charge in [-0.25, -0.2) is 13.8 Å². The molecule has 2 N–H and O–H groups in total. The van der Waals surface area contributed by atoms with E-state index >= 15 is 0 Å². The maximum atomic E-state index is 14.5. The van der Waals surface area contributed by atoms with E-state index in [4.69, 9.17) is 0 Å². The molecule has 1 amide bonds. The first-order valence-electron chi connectivity index (χ1n) is 11.8. The summed E-state index contributed by atoms with van der Waals surface area (Å²) >= 11 is 0. The van der Waals surface area contributed by atoms with Crippen LogP contribution in [-0.4, -0.2) is 21.8 Å². The van der Waals surface area contributed by atoms with Gasteiger partial charge in [0.15, 0.2) is 11.6 Å². The number of hydrogen-bond acceptors (Lipinski definition) is 4. The second-order valence-electron chi connectivity index (χ2n) is 10.0.